The number of likely N-dealkylation sites (tertiary alicyclic amines) is 1. The Balaban J connectivity index is 1.51. The summed E-state index contributed by atoms with van der Waals surface area (Å²) in [7, 11) is 1.72. The highest BCUT2D eigenvalue weighted by Crippen LogP contribution is 2.38. The van der Waals surface area contributed by atoms with Gasteiger partial charge < -0.3 is 14.2 Å². The molecule has 32 heavy (non-hydrogen) atoms. The molecule has 0 radical (unpaired) electrons. The van der Waals surface area contributed by atoms with Crippen LogP contribution in [0.3, 0.4) is 0 Å². The molecule has 1 saturated heterocycles. The minimum Gasteiger partial charge on any atom is -0.466 e. The average molecular weight is 440 g/mol. The lowest BCUT2D eigenvalue weighted by atomic mass is 9.74. The molecule has 1 aromatic carbocycles. The second-order valence-electron chi connectivity index (χ2n) is 8.00. The molecular weight excluding hydrogens is 415 g/mol. The summed E-state index contributed by atoms with van der Waals surface area (Å²) in [6.07, 6.45) is 2.79. The molecule has 4 rings (SSSR count). The number of carbonyl (C=O) groups is 2. The minimum atomic E-state index is -0.807. The molecule has 2 aromatic heterocycles. The monoisotopic (exact) mass is 440 g/mol. The molecule has 0 atom stereocenters. The molecule has 0 unspecified atom stereocenters. The van der Waals surface area contributed by atoms with Crippen LogP contribution in [0.15, 0.2) is 47.1 Å². The normalized spacial score (nSPS) is 15.5. The van der Waals surface area contributed by atoms with Crippen molar-refractivity contribution >= 4 is 11.9 Å². The number of amides is 1. The van der Waals surface area contributed by atoms with E-state index in [9.17, 15) is 14.0 Å². The molecule has 1 fully saturated rings. The third-order valence-electron chi connectivity index (χ3n) is 5.97. The summed E-state index contributed by atoms with van der Waals surface area (Å²) in [4.78, 5) is 27.5. The molecule has 0 spiro atoms. The zero-order chi connectivity index (χ0) is 22.7. The van der Waals surface area contributed by atoms with Crippen LogP contribution in [0.1, 0.15) is 36.0 Å². The Kier molecular flexibility index (Phi) is 6.07. The van der Waals surface area contributed by atoms with Gasteiger partial charge in [0.05, 0.1) is 12.0 Å². The molecule has 1 aliphatic rings. The van der Waals surface area contributed by atoms with Gasteiger partial charge in [-0.2, -0.15) is 5.10 Å². The molecule has 0 bridgehead atoms. The number of rotatable bonds is 6. The largest absolute Gasteiger partial charge is 0.466 e. The van der Waals surface area contributed by atoms with Crippen molar-refractivity contribution in [3.05, 3.63) is 59.9 Å². The van der Waals surface area contributed by atoms with Crippen LogP contribution >= 0.6 is 0 Å². The lowest BCUT2D eigenvalue weighted by Gasteiger charge is -2.39. The number of aromatic nitrogens is 3. The van der Waals surface area contributed by atoms with Gasteiger partial charge in [-0.05, 0) is 50.1 Å². The highest BCUT2D eigenvalue weighted by atomic mass is 19.1. The summed E-state index contributed by atoms with van der Waals surface area (Å²) in [6.45, 7) is 2.88. The maximum absolute atomic E-state index is 13.2. The summed E-state index contributed by atoms with van der Waals surface area (Å²) in [5.74, 6) is -0.192. The molecule has 0 N–H and O–H groups in total. The van der Waals surface area contributed by atoms with Crippen molar-refractivity contribution in [1.82, 2.24) is 19.8 Å². The molecular formula is C23H25FN4O4. The van der Waals surface area contributed by atoms with Gasteiger partial charge >= 0.3 is 5.97 Å². The quantitative estimate of drug-likeness (QED) is 0.547. The first-order chi connectivity index (χ1) is 15.4. The van der Waals surface area contributed by atoms with E-state index >= 15 is 0 Å². The molecule has 3 aromatic rings. The van der Waals surface area contributed by atoms with Crippen molar-refractivity contribution in [3.8, 4) is 11.3 Å². The number of benzene rings is 1. The highest BCUT2D eigenvalue weighted by Gasteiger charge is 2.45. The van der Waals surface area contributed by atoms with Crippen molar-refractivity contribution in [2.24, 2.45) is 12.5 Å². The van der Waals surface area contributed by atoms with Crippen molar-refractivity contribution in [1.29, 1.82) is 0 Å². The number of nitrogens with zero attached hydrogens (tertiary/aromatic N) is 4. The summed E-state index contributed by atoms with van der Waals surface area (Å²) in [6, 6.07) is 9.42. The topological polar surface area (TPSA) is 90.5 Å². The van der Waals surface area contributed by atoms with Crippen LogP contribution in [0.5, 0.6) is 0 Å². The second-order valence-corrected chi connectivity index (χ2v) is 8.00. The predicted octanol–water partition coefficient (Wildman–Crippen LogP) is 3.24. The number of hydrogen-bond acceptors (Lipinski definition) is 6. The number of hydrogen-bond donors (Lipinski definition) is 0. The Morgan fingerprint density at radius 1 is 1.19 bits per heavy atom. The van der Waals surface area contributed by atoms with Gasteiger partial charge in [0.1, 0.15) is 23.0 Å². The lowest BCUT2D eigenvalue weighted by molar-refractivity contribution is -0.158. The van der Waals surface area contributed by atoms with E-state index in [2.05, 4.69) is 10.3 Å². The van der Waals surface area contributed by atoms with Gasteiger partial charge in [-0.25, -0.2) is 4.39 Å². The van der Waals surface area contributed by atoms with E-state index in [0.29, 0.717) is 49.5 Å². The van der Waals surface area contributed by atoms with Crippen molar-refractivity contribution in [2.45, 2.75) is 26.2 Å². The van der Waals surface area contributed by atoms with Crippen LogP contribution < -0.4 is 0 Å². The van der Waals surface area contributed by atoms with E-state index in [1.165, 1.54) is 12.1 Å². The fourth-order valence-electron chi connectivity index (χ4n) is 4.11. The van der Waals surface area contributed by atoms with Crippen LogP contribution in [0, 0.1) is 11.2 Å². The van der Waals surface area contributed by atoms with Gasteiger partial charge in [0.15, 0.2) is 0 Å². The number of halogens is 1. The summed E-state index contributed by atoms with van der Waals surface area (Å²) >= 11 is 0. The van der Waals surface area contributed by atoms with Gasteiger partial charge in [0, 0.05) is 44.4 Å². The average Bonchev–Trinajstić information content (AvgIpc) is 3.43. The summed E-state index contributed by atoms with van der Waals surface area (Å²) in [5.41, 5.74) is 0.998. The third-order valence-corrected chi connectivity index (χ3v) is 5.97. The van der Waals surface area contributed by atoms with E-state index in [1.807, 2.05) is 0 Å². The van der Waals surface area contributed by atoms with Gasteiger partial charge in [-0.15, -0.1) is 0 Å². The maximum atomic E-state index is 13.2. The third kappa shape index (κ3) is 4.28. The molecule has 1 amide bonds. The number of ether oxygens (including phenoxy) is 1. The van der Waals surface area contributed by atoms with Crippen LogP contribution in [-0.4, -0.2) is 51.4 Å². The smallest absolute Gasteiger partial charge is 0.312 e. The van der Waals surface area contributed by atoms with Crippen LogP contribution in [0.25, 0.3) is 11.3 Å². The van der Waals surface area contributed by atoms with E-state index in [4.69, 9.17) is 9.26 Å². The summed E-state index contributed by atoms with van der Waals surface area (Å²) < 4.78 is 25.6. The van der Waals surface area contributed by atoms with Gasteiger partial charge in [0.2, 0.25) is 0 Å². The zero-order valence-electron chi connectivity index (χ0n) is 18.1. The van der Waals surface area contributed by atoms with Gasteiger partial charge in [0.25, 0.3) is 5.91 Å². The SMILES string of the molecule is CCOC(=O)C1(Cc2cc(-c3ccc(F)cc3)no2)CCN(C(=O)c2ccnn2C)CC1. The van der Waals surface area contributed by atoms with Crippen molar-refractivity contribution < 1.29 is 23.2 Å². The van der Waals surface area contributed by atoms with Crippen LogP contribution in [0.4, 0.5) is 4.39 Å². The fourth-order valence-corrected chi connectivity index (χ4v) is 4.11. The molecule has 0 aliphatic carbocycles. The Morgan fingerprint density at radius 2 is 1.91 bits per heavy atom. The number of aryl methyl sites for hydroxylation is 1. The summed E-state index contributed by atoms with van der Waals surface area (Å²) in [5, 5.41) is 8.14. The highest BCUT2D eigenvalue weighted by molar-refractivity contribution is 5.92. The zero-order valence-corrected chi connectivity index (χ0v) is 18.1. The molecule has 1 aliphatic heterocycles. The van der Waals surface area contributed by atoms with E-state index in [-0.39, 0.29) is 24.3 Å². The maximum Gasteiger partial charge on any atom is 0.312 e. The number of carbonyl (C=O) groups excluding carboxylic acids is 2. The van der Waals surface area contributed by atoms with Gasteiger partial charge in [-0.3, -0.25) is 14.3 Å². The van der Waals surface area contributed by atoms with E-state index < -0.39 is 5.41 Å². The predicted molar refractivity (Wildman–Crippen MR) is 113 cm³/mol. The van der Waals surface area contributed by atoms with Crippen LogP contribution in [0.2, 0.25) is 0 Å². The van der Waals surface area contributed by atoms with Crippen molar-refractivity contribution in [2.75, 3.05) is 19.7 Å². The van der Waals surface area contributed by atoms with E-state index in [0.717, 1.165) is 5.56 Å². The fraction of sp³-hybridized carbons (Fsp3) is 0.391. The first-order valence-electron chi connectivity index (χ1n) is 10.6. The number of esters is 1. The van der Waals surface area contributed by atoms with Crippen molar-refractivity contribution in [3.63, 3.8) is 0 Å². The Bertz CT molecular complexity index is 1100. The van der Waals surface area contributed by atoms with Gasteiger partial charge in [-0.1, -0.05) is 5.16 Å². The first kappa shape index (κ1) is 21.7. The minimum absolute atomic E-state index is 0.110. The standard InChI is InChI=1S/C23H25FN4O4/c1-3-31-22(30)23(9-12-28(13-10-23)21(29)20-8-11-25-27(20)2)15-18-14-19(26-32-18)16-4-6-17(24)7-5-16/h4-8,11,14H,3,9-10,12-13,15H2,1-2H3. The Hall–Kier alpha value is -3.49. The Labute approximate surface area is 184 Å². The molecule has 0 saturated carbocycles. The van der Waals surface area contributed by atoms with Crippen LogP contribution in [-0.2, 0) is 23.0 Å². The Morgan fingerprint density at radius 3 is 2.53 bits per heavy atom. The first-order valence-corrected chi connectivity index (χ1v) is 10.6. The second kappa shape index (κ2) is 8.94. The molecule has 3 heterocycles. The number of piperidine rings is 1. The van der Waals surface area contributed by atoms with E-state index in [1.54, 1.807) is 54.0 Å². The molecule has 8 nitrogen and oxygen atoms in total. The molecule has 9 heteroatoms. The lowest BCUT2D eigenvalue weighted by Crippen LogP contribution is -2.48. The molecule has 168 valence electrons.